The molecule has 1 rings (SSSR count). The summed E-state index contributed by atoms with van der Waals surface area (Å²) in [4.78, 5) is 0.281. The summed E-state index contributed by atoms with van der Waals surface area (Å²) in [5, 5.41) is 0. The minimum Gasteiger partial charge on any atom is -0.492 e. The number of ether oxygens (including phenoxy) is 1. The van der Waals surface area contributed by atoms with Crippen LogP contribution in [0.15, 0.2) is 23.1 Å². The maximum absolute atomic E-state index is 11.6. The van der Waals surface area contributed by atoms with Gasteiger partial charge < -0.3 is 4.74 Å². The van der Waals surface area contributed by atoms with Crippen molar-refractivity contribution in [2.75, 3.05) is 12.9 Å². The molecule has 0 saturated carbocycles. The summed E-state index contributed by atoms with van der Waals surface area (Å²) < 4.78 is 28.6. The van der Waals surface area contributed by atoms with E-state index in [1.807, 2.05) is 13.0 Å². The third-order valence-corrected chi connectivity index (χ3v) is 3.37. The molecule has 0 fully saturated rings. The first-order valence-corrected chi connectivity index (χ1v) is 7.28. The Hall–Kier alpha value is -1.03. The fraction of sp³-hybridized carbons (Fsp3) is 0.500. The number of unbranched alkanes of at least 4 members (excludes halogenated alkanes) is 1. The first-order valence-electron chi connectivity index (χ1n) is 5.38. The lowest BCUT2D eigenvalue weighted by Crippen LogP contribution is -2.04. The van der Waals surface area contributed by atoms with Gasteiger partial charge >= 0.3 is 0 Å². The highest BCUT2D eigenvalue weighted by Gasteiger charge is 2.14. The normalized spacial score (nSPS) is 11.4. The number of sulfone groups is 1. The van der Waals surface area contributed by atoms with E-state index >= 15 is 0 Å². The van der Waals surface area contributed by atoms with Crippen molar-refractivity contribution >= 4 is 9.84 Å². The largest absolute Gasteiger partial charge is 0.492 e. The van der Waals surface area contributed by atoms with Crippen molar-refractivity contribution in [3.05, 3.63) is 23.8 Å². The van der Waals surface area contributed by atoms with Crippen LogP contribution >= 0.6 is 0 Å². The Morgan fingerprint density at radius 2 is 2.00 bits per heavy atom. The topological polar surface area (TPSA) is 43.4 Å². The smallest absolute Gasteiger partial charge is 0.179 e. The molecule has 0 unspecified atom stereocenters. The van der Waals surface area contributed by atoms with Crippen LogP contribution in [0.3, 0.4) is 0 Å². The molecule has 90 valence electrons. The highest BCUT2D eigenvalue weighted by atomic mass is 32.2. The van der Waals surface area contributed by atoms with Crippen LogP contribution in [0.25, 0.3) is 0 Å². The van der Waals surface area contributed by atoms with Crippen LogP contribution in [0, 0.1) is 6.92 Å². The molecule has 0 bridgehead atoms. The van der Waals surface area contributed by atoms with E-state index in [1.165, 1.54) is 6.26 Å². The van der Waals surface area contributed by atoms with Crippen molar-refractivity contribution in [2.45, 2.75) is 31.6 Å². The van der Waals surface area contributed by atoms with Gasteiger partial charge in [-0.3, -0.25) is 0 Å². The molecule has 0 saturated heterocycles. The van der Waals surface area contributed by atoms with Crippen molar-refractivity contribution in [2.24, 2.45) is 0 Å². The zero-order valence-electron chi connectivity index (χ0n) is 9.99. The van der Waals surface area contributed by atoms with Gasteiger partial charge in [0, 0.05) is 6.26 Å². The van der Waals surface area contributed by atoms with E-state index in [0.29, 0.717) is 12.4 Å². The van der Waals surface area contributed by atoms with E-state index < -0.39 is 9.84 Å². The third kappa shape index (κ3) is 3.52. The van der Waals surface area contributed by atoms with E-state index in [2.05, 4.69) is 6.92 Å². The predicted octanol–water partition coefficient (Wildman–Crippen LogP) is 2.58. The number of hydrogen-bond donors (Lipinski definition) is 0. The van der Waals surface area contributed by atoms with Crippen molar-refractivity contribution in [3.63, 3.8) is 0 Å². The van der Waals surface area contributed by atoms with Gasteiger partial charge in [0.05, 0.1) is 6.61 Å². The van der Waals surface area contributed by atoms with Crippen LogP contribution < -0.4 is 4.74 Å². The Balaban J connectivity index is 2.99. The average Bonchev–Trinajstić information content (AvgIpc) is 2.19. The average molecular weight is 242 g/mol. The fourth-order valence-electron chi connectivity index (χ4n) is 1.35. The first-order chi connectivity index (χ1) is 7.45. The number of hydrogen-bond acceptors (Lipinski definition) is 3. The maximum atomic E-state index is 11.6. The van der Waals surface area contributed by atoms with E-state index in [-0.39, 0.29) is 4.90 Å². The lowest BCUT2D eigenvalue weighted by atomic mass is 10.2. The number of aryl methyl sites for hydroxylation is 1. The Labute approximate surface area is 97.4 Å². The first kappa shape index (κ1) is 13.0. The molecule has 16 heavy (non-hydrogen) atoms. The minimum atomic E-state index is -3.22. The quantitative estimate of drug-likeness (QED) is 0.745. The number of rotatable bonds is 5. The van der Waals surface area contributed by atoms with Gasteiger partial charge in [-0.25, -0.2) is 8.42 Å². The van der Waals surface area contributed by atoms with E-state index in [4.69, 9.17) is 4.74 Å². The Morgan fingerprint density at radius 3 is 2.56 bits per heavy atom. The maximum Gasteiger partial charge on any atom is 0.179 e. The molecular weight excluding hydrogens is 224 g/mol. The molecular formula is C12H18O3S. The number of benzene rings is 1. The molecule has 1 aromatic carbocycles. The van der Waals surface area contributed by atoms with Crippen LogP contribution in [-0.2, 0) is 9.84 Å². The van der Waals surface area contributed by atoms with E-state index in [1.54, 1.807) is 12.1 Å². The predicted molar refractivity (Wildman–Crippen MR) is 64.7 cm³/mol. The summed E-state index contributed by atoms with van der Waals surface area (Å²) in [7, 11) is -3.22. The Morgan fingerprint density at radius 1 is 1.31 bits per heavy atom. The molecule has 0 radical (unpaired) electrons. The molecule has 4 heteroatoms. The molecule has 0 N–H and O–H groups in total. The molecule has 0 aliphatic carbocycles. The van der Waals surface area contributed by atoms with Gasteiger partial charge in [-0.05, 0) is 31.0 Å². The molecule has 0 amide bonds. The van der Waals surface area contributed by atoms with E-state index in [9.17, 15) is 8.42 Å². The van der Waals surface area contributed by atoms with Crippen molar-refractivity contribution < 1.29 is 13.2 Å². The molecule has 0 spiro atoms. The third-order valence-electron chi connectivity index (χ3n) is 2.25. The minimum absolute atomic E-state index is 0.281. The second-order valence-corrected chi connectivity index (χ2v) is 5.91. The molecule has 3 nitrogen and oxygen atoms in total. The lowest BCUT2D eigenvalue weighted by molar-refractivity contribution is 0.301. The highest BCUT2D eigenvalue weighted by molar-refractivity contribution is 7.90. The van der Waals surface area contributed by atoms with Gasteiger partial charge in [0.2, 0.25) is 0 Å². The summed E-state index contributed by atoms with van der Waals surface area (Å²) in [5.74, 6) is 0.460. The summed E-state index contributed by atoms with van der Waals surface area (Å²) in [5.41, 5.74) is 0.920. The van der Waals surface area contributed by atoms with Gasteiger partial charge in [0.1, 0.15) is 10.6 Å². The summed E-state index contributed by atoms with van der Waals surface area (Å²) >= 11 is 0. The standard InChI is InChI=1S/C12H18O3S/c1-4-5-8-15-11-7-6-10(2)9-12(11)16(3,13)14/h6-7,9H,4-5,8H2,1-3H3. The van der Waals surface area contributed by atoms with Crippen LogP contribution in [0.4, 0.5) is 0 Å². The highest BCUT2D eigenvalue weighted by Crippen LogP contribution is 2.25. The van der Waals surface area contributed by atoms with Gasteiger partial charge in [-0.1, -0.05) is 19.4 Å². The van der Waals surface area contributed by atoms with Crippen molar-refractivity contribution in [3.8, 4) is 5.75 Å². The van der Waals surface area contributed by atoms with Crippen LogP contribution in [-0.4, -0.2) is 21.3 Å². The Kier molecular flexibility index (Phi) is 4.35. The summed E-state index contributed by atoms with van der Waals surface area (Å²) in [6.07, 6.45) is 3.16. The van der Waals surface area contributed by atoms with Gasteiger partial charge in [-0.2, -0.15) is 0 Å². The fourth-order valence-corrected chi connectivity index (χ4v) is 2.24. The molecule has 0 atom stereocenters. The monoisotopic (exact) mass is 242 g/mol. The summed E-state index contributed by atoms with van der Waals surface area (Å²) in [6.45, 7) is 4.49. The van der Waals surface area contributed by atoms with Crippen molar-refractivity contribution in [1.29, 1.82) is 0 Å². The van der Waals surface area contributed by atoms with Crippen LogP contribution in [0.5, 0.6) is 5.75 Å². The van der Waals surface area contributed by atoms with E-state index in [0.717, 1.165) is 18.4 Å². The lowest BCUT2D eigenvalue weighted by Gasteiger charge is -2.10. The molecule has 0 aromatic heterocycles. The van der Waals surface area contributed by atoms with Gasteiger partial charge in [0.15, 0.2) is 9.84 Å². The second kappa shape index (κ2) is 5.34. The molecule has 0 aliphatic heterocycles. The second-order valence-electron chi connectivity index (χ2n) is 3.92. The Bertz CT molecular complexity index is 449. The van der Waals surface area contributed by atoms with Gasteiger partial charge in [0.25, 0.3) is 0 Å². The van der Waals surface area contributed by atoms with Crippen LogP contribution in [0.2, 0.25) is 0 Å². The van der Waals surface area contributed by atoms with Gasteiger partial charge in [-0.15, -0.1) is 0 Å². The molecule has 1 aromatic rings. The molecule has 0 aliphatic rings. The van der Waals surface area contributed by atoms with Crippen LogP contribution in [0.1, 0.15) is 25.3 Å². The zero-order chi connectivity index (χ0) is 12.2. The summed E-state index contributed by atoms with van der Waals surface area (Å²) in [6, 6.07) is 5.23. The zero-order valence-corrected chi connectivity index (χ0v) is 10.8. The SMILES string of the molecule is CCCCOc1ccc(C)cc1S(C)(=O)=O. The molecule has 0 heterocycles. The van der Waals surface area contributed by atoms with Crippen molar-refractivity contribution in [1.82, 2.24) is 0 Å².